The molecular weight excluding hydrogens is 354 g/mol. The zero-order valence-electron chi connectivity index (χ0n) is 20.1. The van der Waals surface area contributed by atoms with Gasteiger partial charge in [-0.1, -0.05) is 45.9 Å². The van der Waals surface area contributed by atoms with Gasteiger partial charge in [0, 0.05) is 24.8 Å². The van der Waals surface area contributed by atoms with Crippen molar-refractivity contribution in [2.24, 2.45) is 11.7 Å². The molecule has 0 spiro atoms. The molecule has 0 amide bonds. The summed E-state index contributed by atoms with van der Waals surface area (Å²) < 4.78 is 0. The highest BCUT2D eigenvalue weighted by atomic mass is 15.1. The van der Waals surface area contributed by atoms with Crippen molar-refractivity contribution in [2.45, 2.75) is 86.6 Å². The highest BCUT2D eigenvalue weighted by Crippen LogP contribution is 2.37. The Bertz CT molecular complexity index is 665. The number of nitrogens with zero attached hydrogens (tertiary/aromatic N) is 1. The minimum absolute atomic E-state index is 0.583. The fourth-order valence-corrected chi connectivity index (χ4v) is 3.64. The van der Waals surface area contributed by atoms with Crippen molar-refractivity contribution >= 4 is 17.5 Å². The molecule has 0 aromatic heterocycles. The van der Waals surface area contributed by atoms with Crippen LogP contribution in [0, 0.1) is 19.8 Å². The van der Waals surface area contributed by atoms with Gasteiger partial charge in [-0.05, 0) is 87.7 Å². The number of benzene rings is 1. The molecule has 2 fully saturated rings. The molecule has 1 heterocycles. The molecule has 3 N–H and O–H groups in total. The van der Waals surface area contributed by atoms with Crippen molar-refractivity contribution in [1.82, 2.24) is 0 Å². The molecular formula is C26H45N3. The first kappa shape index (κ1) is 25.3. The van der Waals surface area contributed by atoms with E-state index in [1.165, 1.54) is 78.8 Å². The molecule has 0 bridgehead atoms. The molecule has 1 aromatic rings. The fourth-order valence-electron chi connectivity index (χ4n) is 3.64. The Hall–Kier alpha value is -1.74. The summed E-state index contributed by atoms with van der Waals surface area (Å²) in [6.45, 7) is 21.5. The van der Waals surface area contributed by atoms with Gasteiger partial charge < -0.3 is 16.0 Å². The Morgan fingerprint density at radius 1 is 1.28 bits per heavy atom. The van der Waals surface area contributed by atoms with Gasteiger partial charge in [0.25, 0.3) is 0 Å². The Kier molecular flexibility index (Phi) is 11.1. The Balaban J connectivity index is 0.000000609. The SMILES string of the molecule is C=CNc1c(/C=C(/C)C(C)CC)cc(C)c(N2CCCC2)c1C.CC.NC1CC1. The monoisotopic (exact) mass is 399 g/mol. The summed E-state index contributed by atoms with van der Waals surface area (Å²) in [5.41, 5.74) is 13.3. The van der Waals surface area contributed by atoms with Gasteiger partial charge in [-0.25, -0.2) is 0 Å². The number of hydrogen-bond donors (Lipinski definition) is 2. The predicted octanol–water partition coefficient (Wildman–Crippen LogP) is 7.04. The van der Waals surface area contributed by atoms with Gasteiger partial charge in [-0.2, -0.15) is 0 Å². The van der Waals surface area contributed by atoms with Crippen LogP contribution in [0.3, 0.4) is 0 Å². The van der Waals surface area contributed by atoms with E-state index in [1.807, 2.05) is 13.8 Å². The molecule has 164 valence electrons. The lowest BCUT2D eigenvalue weighted by Gasteiger charge is -2.26. The molecule has 3 rings (SSSR count). The fraction of sp³-hybridized carbons (Fsp3) is 0.615. The van der Waals surface area contributed by atoms with Crippen LogP contribution in [0.2, 0.25) is 0 Å². The van der Waals surface area contributed by atoms with Gasteiger partial charge in [0.15, 0.2) is 0 Å². The summed E-state index contributed by atoms with van der Waals surface area (Å²) in [7, 11) is 0. The molecule has 3 heteroatoms. The van der Waals surface area contributed by atoms with Crippen LogP contribution in [0.1, 0.15) is 83.4 Å². The summed E-state index contributed by atoms with van der Waals surface area (Å²) >= 11 is 0. The van der Waals surface area contributed by atoms with Gasteiger partial charge >= 0.3 is 0 Å². The second-order valence-corrected chi connectivity index (χ2v) is 8.21. The van der Waals surface area contributed by atoms with Crippen LogP contribution in [-0.4, -0.2) is 19.1 Å². The number of nitrogens with one attached hydrogen (secondary N) is 1. The van der Waals surface area contributed by atoms with Gasteiger partial charge in [0.1, 0.15) is 0 Å². The molecule has 0 radical (unpaired) electrons. The molecule has 1 saturated carbocycles. The third-order valence-corrected chi connectivity index (χ3v) is 5.83. The topological polar surface area (TPSA) is 41.3 Å². The second-order valence-electron chi connectivity index (χ2n) is 8.21. The van der Waals surface area contributed by atoms with Crippen molar-refractivity contribution in [3.63, 3.8) is 0 Å². The average molecular weight is 400 g/mol. The lowest BCUT2D eigenvalue weighted by molar-refractivity contribution is 0.660. The average Bonchev–Trinajstić information content (AvgIpc) is 3.31. The number of hydrogen-bond acceptors (Lipinski definition) is 3. The van der Waals surface area contributed by atoms with Gasteiger partial charge in [0.2, 0.25) is 0 Å². The molecule has 1 aliphatic heterocycles. The Labute approximate surface area is 180 Å². The highest BCUT2D eigenvalue weighted by molar-refractivity contribution is 5.80. The maximum Gasteiger partial charge on any atom is 0.0503 e. The minimum Gasteiger partial charge on any atom is -0.371 e. The number of rotatable bonds is 6. The van der Waals surface area contributed by atoms with Crippen LogP contribution >= 0.6 is 0 Å². The lowest BCUT2D eigenvalue weighted by Crippen LogP contribution is -2.20. The minimum atomic E-state index is 0.583. The van der Waals surface area contributed by atoms with Crippen molar-refractivity contribution < 1.29 is 0 Å². The van der Waals surface area contributed by atoms with E-state index in [2.05, 4.69) is 63.6 Å². The van der Waals surface area contributed by atoms with E-state index in [0.29, 0.717) is 12.0 Å². The Morgan fingerprint density at radius 3 is 2.28 bits per heavy atom. The summed E-state index contributed by atoms with van der Waals surface area (Å²) in [6, 6.07) is 2.92. The van der Waals surface area contributed by atoms with Crippen molar-refractivity contribution in [2.75, 3.05) is 23.3 Å². The van der Waals surface area contributed by atoms with E-state index < -0.39 is 0 Å². The molecule has 1 saturated heterocycles. The van der Waals surface area contributed by atoms with Crippen molar-refractivity contribution in [1.29, 1.82) is 0 Å². The largest absolute Gasteiger partial charge is 0.371 e. The zero-order chi connectivity index (χ0) is 22.0. The molecule has 1 aliphatic carbocycles. The van der Waals surface area contributed by atoms with Crippen LogP contribution in [0.5, 0.6) is 0 Å². The van der Waals surface area contributed by atoms with Crippen LogP contribution in [0.25, 0.3) is 6.08 Å². The summed E-state index contributed by atoms with van der Waals surface area (Å²) in [5.74, 6) is 0.616. The lowest BCUT2D eigenvalue weighted by atomic mass is 9.94. The quantitative estimate of drug-likeness (QED) is 0.539. The van der Waals surface area contributed by atoms with E-state index in [4.69, 9.17) is 5.73 Å². The predicted molar refractivity (Wildman–Crippen MR) is 133 cm³/mol. The third-order valence-electron chi connectivity index (χ3n) is 5.83. The van der Waals surface area contributed by atoms with Crippen LogP contribution in [0.15, 0.2) is 24.4 Å². The van der Waals surface area contributed by atoms with Gasteiger partial charge in [-0.15, -0.1) is 0 Å². The first-order valence-electron chi connectivity index (χ1n) is 11.6. The normalized spacial score (nSPS) is 17.0. The van der Waals surface area contributed by atoms with Gasteiger partial charge in [-0.3, -0.25) is 0 Å². The summed E-state index contributed by atoms with van der Waals surface area (Å²) in [6.07, 6.45) is 10.4. The Morgan fingerprint density at radius 2 is 1.83 bits per heavy atom. The van der Waals surface area contributed by atoms with E-state index in [1.54, 1.807) is 6.20 Å². The third kappa shape index (κ3) is 7.54. The van der Waals surface area contributed by atoms with Crippen molar-refractivity contribution in [3.8, 4) is 0 Å². The molecule has 1 aromatic carbocycles. The number of anilines is 2. The maximum atomic E-state index is 5.22. The van der Waals surface area contributed by atoms with Crippen molar-refractivity contribution in [3.05, 3.63) is 41.1 Å². The molecule has 3 nitrogen and oxygen atoms in total. The van der Waals surface area contributed by atoms with Crippen LogP contribution in [0.4, 0.5) is 11.4 Å². The smallest absolute Gasteiger partial charge is 0.0503 e. The second kappa shape index (κ2) is 12.7. The van der Waals surface area contributed by atoms with E-state index in [0.717, 1.165) is 0 Å². The highest BCUT2D eigenvalue weighted by Gasteiger charge is 2.20. The van der Waals surface area contributed by atoms with E-state index >= 15 is 0 Å². The number of allylic oxidation sites excluding steroid dienone is 1. The molecule has 1 atom stereocenters. The summed E-state index contributed by atoms with van der Waals surface area (Å²) in [4.78, 5) is 2.54. The van der Waals surface area contributed by atoms with Crippen LogP contribution in [-0.2, 0) is 0 Å². The molecule has 1 unspecified atom stereocenters. The molecule has 2 aliphatic rings. The standard InChI is InChI=1S/C21H32N2.C3H7N.C2H6/c1-7-15(3)16(4)13-19-14-17(5)21(23-11-9-10-12-23)18(6)20(19)22-8-2;4-3-1-2-3;1-2/h8,13-15,22H,2,7,9-12H2,1,3-6H3;3H,1-2,4H2;1-2H3/b16-13-;;. The first-order chi connectivity index (χ1) is 13.9. The maximum absolute atomic E-state index is 5.22. The molecule has 29 heavy (non-hydrogen) atoms. The van der Waals surface area contributed by atoms with E-state index in [-0.39, 0.29) is 0 Å². The first-order valence-corrected chi connectivity index (χ1v) is 11.6. The summed E-state index contributed by atoms with van der Waals surface area (Å²) in [5, 5.41) is 3.39. The number of nitrogens with two attached hydrogens (primary N) is 1. The van der Waals surface area contributed by atoms with Crippen LogP contribution < -0.4 is 16.0 Å². The number of aryl methyl sites for hydroxylation is 1. The zero-order valence-corrected chi connectivity index (χ0v) is 20.1. The van der Waals surface area contributed by atoms with E-state index in [9.17, 15) is 0 Å². The van der Waals surface area contributed by atoms with Gasteiger partial charge in [0.05, 0.1) is 5.69 Å².